The maximum Gasteiger partial charge on any atom is 0.338 e. The molecule has 0 spiro atoms. The van der Waals surface area contributed by atoms with Crippen LogP contribution in [0, 0.1) is 0 Å². The van der Waals surface area contributed by atoms with Gasteiger partial charge in [-0.25, -0.2) is 4.79 Å². The molecule has 2 rings (SSSR count). The molecule has 2 aromatic rings. The first-order valence-corrected chi connectivity index (χ1v) is 6.27. The summed E-state index contributed by atoms with van der Waals surface area (Å²) in [6, 6.07) is 6.27. The topological polar surface area (TPSA) is 88.8 Å². The van der Waals surface area contributed by atoms with Gasteiger partial charge < -0.3 is 19.6 Å². The molecule has 1 heterocycles. The number of carboxylic acid groups (broad SMARTS) is 1. The Labute approximate surface area is 122 Å². The molecule has 0 fully saturated rings. The fourth-order valence-electron chi connectivity index (χ4n) is 1.53. The van der Waals surface area contributed by atoms with Crippen molar-refractivity contribution >= 4 is 33.5 Å². The molecule has 1 aromatic heterocycles. The third-order valence-electron chi connectivity index (χ3n) is 2.48. The monoisotopic (exact) mass is 339 g/mol. The first-order valence-electron chi connectivity index (χ1n) is 5.48. The molecule has 0 saturated heterocycles. The van der Waals surface area contributed by atoms with Gasteiger partial charge >= 0.3 is 5.97 Å². The van der Waals surface area contributed by atoms with Crippen molar-refractivity contribution in [3.63, 3.8) is 0 Å². The largest absolute Gasteiger partial charge is 0.495 e. The van der Waals surface area contributed by atoms with Crippen LogP contribution in [0.3, 0.4) is 0 Å². The molecule has 0 aliphatic carbocycles. The number of hydrogen-bond acceptors (Lipinski definition) is 4. The summed E-state index contributed by atoms with van der Waals surface area (Å²) in [6.07, 6.45) is 1.01. The molecule has 1 amide bonds. The van der Waals surface area contributed by atoms with Gasteiger partial charge in [-0.15, -0.1) is 0 Å². The van der Waals surface area contributed by atoms with Crippen LogP contribution in [-0.2, 0) is 0 Å². The molecular weight excluding hydrogens is 330 g/mol. The number of aromatic carboxylic acids is 1. The van der Waals surface area contributed by atoms with Gasteiger partial charge in [-0.3, -0.25) is 4.79 Å². The van der Waals surface area contributed by atoms with E-state index < -0.39 is 11.9 Å². The molecule has 0 aliphatic rings. The van der Waals surface area contributed by atoms with E-state index in [2.05, 4.69) is 21.2 Å². The summed E-state index contributed by atoms with van der Waals surface area (Å²) in [5.41, 5.74) is 0.358. The predicted molar refractivity (Wildman–Crippen MR) is 74.3 cm³/mol. The zero-order chi connectivity index (χ0) is 14.7. The number of carbonyl (C=O) groups excluding carboxylic acids is 1. The molecular formula is C13H10BrNO5. The zero-order valence-electron chi connectivity index (χ0n) is 10.3. The number of ether oxygens (including phenoxy) is 1. The van der Waals surface area contributed by atoms with Crippen LogP contribution in [0.1, 0.15) is 20.9 Å². The van der Waals surface area contributed by atoms with Gasteiger partial charge in [0.25, 0.3) is 5.91 Å². The Morgan fingerprint density at radius 3 is 2.70 bits per heavy atom. The number of carboxylic acids is 1. The van der Waals surface area contributed by atoms with Crippen molar-refractivity contribution in [2.24, 2.45) is 0 Å². The summed E-state index contributed by atoms with van der Waals surface area (Å²) in [5, 5.41) is 11.4. The maximum atomic E-state index is 12.0. The van der Waals surface area contributed by atoms with Gasteiger partial charge in [-0.05, 0) is 18.2 Å². The first kappa shape index (κ1) is 14.1. The van der Waals surface area contributed by atoms with Crippen LogP contribution in [0.25, 0.3) is 0 Å². The lowest BCUT2D eigenvalue weighted by molar-refractivity contribution is 0.0696. The first-order chi connectivity index (χ1) is 9.51. The van der Waals surface area contributed by atoms with E-state index in [1.165, 1.54) is 7.11 Å². The summed E-state index contributed by atoms with van der Waals surface area (Å²) in [5.74, 6) is -1.34. The van der Waals surface area contributed by atoms with Crippen LogP contribution in [-0.4, -0.2) is 24.1 Å². The molecule has 6 nitrogen and oxygen atoms in total. The van der Waals surface area contributed by atoms with Crippen LogP contribution < -0.4 is 10.1 Å². The second-order valence-corrected chi connectivity index (χ2v) is 4.72. The number of furan rings is 1. The number of methoxy groups -OCH3 is 1. The Bertz CT molecular complexity index is 665. The number of carbonyl (C=O) groups is 2. The van der Waals surface area contributed by atoms with Gasteiger partial charge in [0.2, 0.25) is 0 Å². The lowest BCUT2D eigenvalue weighted by atomic mass is 10.2. The molecule has 0 bridgehead atoms. The second-order valence-electron chi connectivity index (χ2n) is 3.80. The average Bonchev–Trinajstić information content (AvgIpc) is 2.89. The standard InChI is InChI=1S/C13H10BrNO5/c1-19-10-3-2-8(14)5-9(10)15-12(16)11-4-7(6-20-11)13(17)18/h2-6H,1H3,(H,15,16)(H,17,18). The molecule has 0 aliphatic heterocycles. The predicted octanol–water partition coefficient (Wildman–Crippen LogP) is 3.00. The highest BCUT2D eigenvalue weighted by atomic mass is 79.9. The average molecular weight is 340 g/mol. The molecule has 104 valence electrons. The molecule has 0 unspecified atom stereocenters. The van der Waals surface area contributed by atoms with E-state index in [-0.39, 0.29) is 11.3 Å². The smallest absolute Gasteiger partial charge is 0.338 e. The van der Waals surface area contributed by atoms with E-state index in [0.29, 0.717) is 11.4 Å². The van der Waals surface area contributed by atoms with Crippen molar-refractivity contribution < 1.29 is 23.8 Å². The highest BCUT2D eigenvalue weighted by Crippen LogP contribution is 2.28. The van der Waals surface area contributed by atoms with Crippen molar-refractivity contribution in [1.29, 1.82) is 0 Å². The van der Waals surface area contributed by atoms with E-state index in [9.17, 15) is 9.59 Å². The fraction of sp³-hybridized carbons (Fsp3) is 0.0769. The molecule has 0 atom stereocenters. The number of halogens is 1. The number of nitrogens with one attached hydrogen (secondary N) is 1. The van der Waals surface area contributed by atoms with E-state index in [0.717, 1.165) is 16.8 Å². The molecule has 20 heavy (non-hydrogen) atoms. The Hall–Kier alpha value is -2.28. The van der Waals surface area contributed by atoms with E-state index in [1.54, 1.807) is 18.2 Å². The fourth-order valence-corrected chi connectivity index (χ4v) is 1.89. The highest BCUT2D eigenvalue weighted by molar-refractivity contribution is 9.10. The van der Waals surface area contributed by atoms with Gasteiger partial charge in [0.1, 0.15) is 12.0 Å². The number of hydrogen-bond donors (Lipinski definition) is 2. The van der Waals surface area contributed by atoms with Crippen LogP contribution in [0.2, 0.25) is 0 Å². The van der Waals surface area contributed by atoms with Gasteiger partial charge in [0, 0.05) is 10.5 Å². The molecule has 7 heteroatoms. The third kappa shape index (κ3) is 3.00. The van der Waals surface area contributed by atoms with Crippen LogP contribution >= 0.6 is 15.9 Å². The Balaban J connectivity index is 2.22. The van der Waals surface area contributed by atoms with E-state index in [1.807, 2.05) is 0 Å². The van der Waals surface area contributed by atoms with Crippen molar-refractivity contribution in [3.05, 3.63) is 46.3 Å². The van der Waals surface area contributed by atoms with Crippen molar-refractivity contribution in [3.8, 4) is 5.75 Å². The Morgan fingerprint density at radius 1 is 1.35 bits per heavy atom. The molecule has 0 radical (unpaired) electrons. The normalized spacial score (nSPS) is 10.1. The third-order valence-corrected chi connectivity index (χ3v) is 2.97. The van der Waals surface area contributed by atoms with E-state index in [4.69, 9.17) is 14.3 Å². The molecule has 1 aromatic carbocycles. The quantitative estimate of drug-likeness (QED) is 0.893. The minimum atomic E-state index is -1.16. The van der Waals surface area contributed by atoms with Crippen LogP contribution in [0.15, 0.2) is 39.4 Å². The Morgan fingerprint density at radius 2 is 2.10 bits per heavy atom. The molecule has 2 N–H and O–H groups in total. The maximum absolute atomic E-state index is 12.0. The summed E-state index contributed by atoms with van der Waals surface area (Å²) < 4.78 is 10.8. The van der Waals surface area contributed by atoms with Crippen LogP contribution in [0.5, 0.6) is 5.75 Å². The Kier molecular flexibility index (Phi) is 4.09. The van der Waals surface area contributed by atoms with Crippen molar-refractivity contribution in [2.75, 3.05) is 12.4 Å². The van der Waals surface area contributed by atoms with Crippen molar-refractivity contribution in [2.45, 2.75) is 0 Å². The molecule has 0 saturated carbocycles. The van der Waals surface area contributed by atoms with Gasteiger partial charge in [-0.1, -0.05) is 15.9 Å². The number of amides is 1. The van der Waals surface area contributed by atoms with Gasteiger partial charge in [-0.2, -0.15) is 0 Å². The minimum absolute atomic E-state index is 0.0867. The van der Waals surface area contributed by atoms with Gasteiger partial charge in [0.15, 0.2) is 5.76 Å². The summed E-state index contributed by atoms with van der Waals surface area (Å²) >= 11 is 3.29. The number of anilines is 1. The highest BCUT2D eigenvalue weighted by Gasteiger charge is 2.16. The van der Waals surface area contributed by atoms with Crippen LogP contribution in [0.4, 0.5) is 5.69 Å². The van der Waals surface area contributed by atoms with Crippen molar-refractivity contribution in [1.82, 2.24) is 0 Å². The second kappa shape index (κ2) is 5.79. The number of rotatable bonds is 4. The minimum Gasteiger partial charge on any atom is -0.495 e. The SMILES string of the molecule is COc1ccc(Br)cc1NC(=O)c1cc(C(=O)O)co1. The lowest BCUT2D eigenvalue weighted by Crippen LogP contribution is -2.11. The summed E-state index contributed by atoms with van der Waals surface area (Å²) in [6.45, 7) is 0. The lowest BCUT2D eigenvalue weighted by Gasteiger charge is -2.09. The zero-order valence-corrected chi connectivity index (χ0v) is 11.9. The van der Waals surface area contributed by atoms with Gasteiger partial charge in [0.05, 0.1) is 18.4 Å². The number of benzene rings is 1. The summed E-state index contributed by atoms with van der Waals surface area (Å²) in [4.78, 5) is 22.7. The van der Waals surface area contributed by atoms with E-state index >= 15 is 0 Å². The summed E-state index contributed by atoms with van der Waals surface area (Å²) in [7, 11) is 1.48.